The van der Waals surface area contributed by atoms with E-state index in [4.69, 9.17) is 23.2 Å². The highest BCUT2D eigenvalue weighted by atomic mass is 35.5. The van der Waals surface area contributed by atoms with Crippen LogP contribution in [0.3, 0.4) is 0 Å². The van der Waals surface area contributed by atoms with Crippen LogP contribution < -0.4 is 0 Å². The zero-order valence-corrected chi connectivity index (χ0v) is 12.6. The van der Waals surface area contributed by atoms with E-state index < -0.39 is 0 Å². The molecule has 0 bridgehead atoms. The van der Waals surface area contributed by atoms with Crippen molar-refractivity contribution in [2.75, 3.05) is 0 Å². The van der Waals surface area contributed by atoms with Crippen molar-refractivity contribution in [1.82, 2.24) is 0 Å². The van der Waals surface area contributed by atoms with Gasteiger partial charge in [-0.25, -0.2) is 0 Å². The normalized spacial score (nSPS) is 15.1. The quantitative estimate of drug-likeness (QED) is 0.543. The fourth-order valence-corrected chi connectivity index (χ4v) is 3.67. The maximum atomic E-state index is 6.55. The second-order valence-corrected chi connectivity index (χ2v) is 6.47. The Morgan fingerprint density at radius 2 is 2.06 bits per heavy atom. The molecule has 0 aliphatic carbocycles. The summed E-state index contributed by atoms with van der Waals surface area (Å²) in [5.74, 6) is 0.579. The second-order valence-electron chi connectivity index (χ2n) is 4.32. The molecule has 3 heteroatoms. The summed E-state index contributed by atoms with van der Waals surface area (Å²) in [5.41, 5.74) is 1.15. The third-order valence-electron chi connectivity index (χ3n) is 3.01. The number of thiophene rings is 1. The number of halogens is 2. The lowest BCUT2D eigenvalue weighted by Crippen LogP contribution is -2.05. The van der Waals surface area contributed by atoms with E-state index in [-0.39, 0.29) is 5.38 Å². The van der Waals surface area contributed by atoms with E-state index in [2.05, 4.69) is 19.9 Å². The largest absolute Gasteiger partial charge is 0.127 e. The SMILES string of the molecule is CCCCC(CC)C(Cl)c1cc(C)c(Cl)s1. The summed E-state index contributed by atoms with van der Waals surface area (Å²) >= 11 is 14.3. The number of alkyl halides is 1. The monoisotopic (exact) mass is 278 g/mol. The summed E-state index contributed by atoms with van der Waals surface area (Å²) < 4.78 is 0.881. The molecule has 1 rings (SSSR count). The molecular weight excluding hydrogens is 259 g/mol. The molecule has 92 valence electrons. The Balaban J connectivity index is 2.70. The molecule has 0 amide bonds. The fraction of sp³-hybridized carbons (Fsp3) is 0.692. The number of rotatable bonds is 6. The van der Waals surface area contributed by atoms with Gasteiger partial charge in [-0.05, 0) is 30.9 Å². The van der Waals surface area contributed by atoms with Gasteiger partial charge in [-0.1, -0.05) is 44.7 Å². The van der Waals surface area contributed by atoms with E-state index in [1.165, 1.54) is 24.1 Å². The molecule has 0 fully saturated rings. The molecule has 0 saturated heterocycles. The molecule has 2 unspecified atom stereocenters. The van der Waals surface area contributed by atoms with Gasteiger partial charge in [0.2, 0.25) is 0 Å². The summed E-state index contributed by atoms with van der Waals surface area (Å²) in [6, 6.07) is 2.14. The number of unbranched alkanes of at least 4 members (excludes halogenated alkanes) is 1. The van der Waals surface area contributed by atoms with Gasteiger partial charge in [0.25, 0.3) is 0 Å². The van der Waals surface area contributed by atoms with E-state index in [0.717, 1.165) is 16.3 Å². The van der Waals surface area contributed by atoms with Crippen LogP contribution in [0.5, 0.6) is 0 Å². The summed E-state index contributed by atoms with van der Waals surface area (Å²) in [6.45, 7) is 6.48. The lowest BCUT2D eigenvalue weighted by Gasteiger charge is -2.19. The molecule has 1 aromatic rings. The lowest BCUT2D eigenvalue weighted by molar-refractivity contribution is 0.440. The smallest absolute Gasteiger partial charge is 0.0960 e. The first-order valence-electron chi connectivity index (χ1n) is 6.00. The molecule has 16 heavy (non-hydrogen) atoms. The van der Waals surface area contributed by atoms with E-state index in [9.17, 15) is 0 Å². The molecule has 0 saturated carbocycles. The zero-order chi connectivity index (χ0) is 12.1. The van der Waals surface area contributed by atoms with Crippen LogP contribution in [0.2, 0.25) is 4.34 Å². The summed E-state index contributed by atoms with van der Waals surface area (Å²) in [6.07, 6.45) is 4.86. The van der Waals surface area contributed by atoms with Crippen molar-refractivity contribution in [2.45, 2.75) is 51.8 Å². The van der Waals surface area contributed by atoms with Crippen molar-refractivity contribution in [3.63, 3.8) is 0 Å². The minimum absolute atomic E-state index is 0.132. The van der Waals surface area contributed by atoms with Gasteiger partial charge >= 0.3 is 0 Å². The van der Waals surface area contributed by atoms with Crippen LogP contribution in [0, 0.1) is 12.8 Å². The highest BCUT2D eigenvalue weighted by Crippen LogP contribution is 2.40. The molecular formula is C13H20Cl2S. The van der Waals surface area contributed by atoms with Gasteiger partial charge in [-0.3, -0.25) is 0 Å². The van der Waals surface area contributed by atoms with Crippen LogP contribution >= 0.6 is 34.5 Å². The average Bonchev–Trinajstić information content (AvgIpc) is 2.60. The molecule has 0 nitrogen and oxygen atoms in total. The van der Waals surface area contributed by atoms with Gasteiger partial charge in [0.15, 0.2) is 0 Å². The Labute approximate surface area is 113 Å². The number of hydrogen-bond acceptors (Lipinski definition) is 1. The standard InChI is InChI=1S/C13H20Cl2S/c1-4-6-7-10(5-2)12(14)11-8-9(3)13(15)16-11/h8,10,12H,4-7H2,1-3H3. The summed E-state index contributed by atoms with van der Waals surface area (Å²) in [4.78, 5) is 1.23. The molecule has 0 aliphatic heterocycles. The van der Waals surface area contributed by atoms with Gasteiger partial charge in [0.05, 0.1) is 9.71 Å². The molecule has 1 aromatic heterocycles. The molecule has 2 atom stereocenters. The zero-order valence-electron chi connectivity index (χ0n) is 10.2. The van der Waals surface area contributed by atoms with Crippen LogP contribution in [-0.4, -0.2) is 0 Å². The van der Waals surface area contributed by atoms with Crippen molar-refractivity contribution < 1.29 is 0 Å². The first-order chi connectivity index (χ1) is 7.60. The molecule has 0 N–H and O–H groups in total. The van der Waals surface area contributed by atoms with E-state index in [0.29, 0.717) is 5.92 Å². The van der Waals surface area contributed by atoms with Gasteiger partial charge in [0, 0.05) is 4.88 Å². The first-order valence-corrected chi connectivity index (χ1v) is 7.63. The molecule has 1 heterocycles. The molecule has 0 aliphatic rings. The van der Waals surface area contributed by atoms with Crippen molar-refractivity contribution in [3.8, 4) is 0 Å². The topological polar surface area (TPSA) is 0 Å². The third kappa shape index (κ3) is 3.65. The van der Waals surface area contributed by atoms with E-state index in [1.54, 1.807) is 11.3 Å². The Kier molecular flexibility index (Phi) is 6.17. The Morgan fingerprint density at radius 1 is 1.38 bits per heavy atom. The van der Waals surface area contributed by atoms with Gasteiger partial charge in [0.1, 0.15) is 0 Å². The Bertz CT molecular complexity index is 300. The highest BCUT2D eigenvalue weighted by molar-refractivity contribution is 7.16. The highest BCUT2D eigenvalue weighted by Gasteiger charge is 2.21. The van der Waals surface area contributed by atoms with Crippen LogP contribution in [0.1, 0.15) is 55.3 Å². The fourth-order valence-electron chi connectivity index (χ4n) is 1.88. The van der Waals surface area contributed by atoms with Crippen molar-refractivity contribution in [3.05, 3.63) is 20.8 Å². The van der Waals surface area contributed by atoms with Gasteiger partial charge in [-0.15, -0.1) is 22.9 Å². The van der Waals surface area contributed by atoms with Crippen molar-refractivity contribution >= 4 is 34.5 Å². The number of aryl methyl sites for hydroxylation is 1. The number of hydrogen-bond donors (Lipinski definition) is 0. The maximum absolute atomic E-state index is 6.55. The minimum atomic E-state index is 0.132. The second kappa shape index (κ2) is 6.88. The average molecular weight is 279 g/mol. The van der Waals surface area contributed by atoms with Crippen molar-refractivity contribution in [2.24, 2.45) is 5.92 Å². The van der Waals surface area contributed by atoms with E-state index >= 15 is 0 Å². The van der Waals surface area contributed by atoms with Crippen molar-refractivity contribution in [1.29, 1.82) is 0 Å². The molecule has 0 spiro atoms. The predicted octanol–water partition coefficient (Wildman–Crippen LogP) is 6.21. The summed E-state index contributed by atoms with van der Waals surface area (Å²) in [7, 11) is 0. The lowest BCUT2D eigenvalue weighted by atomic mass is 9.94. The predicted molar refractivity (Wildman–Crippen MR) is 76.0 cm³/mol. The third-order valence-corrected chi connectivity index (χ3v) is 5.37. The van der Waals surface area contributed by atoms with Crippen LogP contribution in [0.25, 0.3) is 0 Å². The minimum Gasteiger partial charge on any atom is -0.127 e. The Morgan fingerprint density at radius 3 is 2.50 bits per heavy atom. The van der Waals surface area contributed by atoms with Crippen LogP contribution in [0.15, 0.2) is 6.07 Å². The molecule has 0 radical (unpaired) electrons. The maximum Gasteiger partial charge on any atom is 0.0960 e. The van der Waals surface area contributed by atoms with Crippen LogP contribution in [0.4, 0.5) is 0 Å². The Hall–Kier alpha value is 0.280. The van der Waals surface area contributed by atoms with Crippen LogP contribution in [-0.2, 0) is 0 Å². The molecule has 0 aromatic carbocycles. The van der Waals surface area contributed by atoms with E-state index in [1.807, 2.05) is 6.92 Å². The van der Waals surface area contributed by atoms with Gasteiger partial charge < -0.3 is 0 Å². The summed E-state index contributed by atoms with van der Waals surface area (Å²) in [5, 5.41) is 0.132. The van der Waals surface area contributed by atoms with Gasteiger partial charge in [-0.2, -0.15) is 0 Å². The first kappa shape index (κ1) is 14.3.